The standard InChI is InChI=1S/C14H19NO3/c1-3-4-5-9(2)13(16)10-6-7-11-12(8-10)18-14(17)15-11/h6-9,13,16H,3-5H2,1-2H3,(H,15,17). The molecule has 4 heteroatoms. The number of rotatable bonds is 5. The molecule has 0 saturated heterocycles. The molecule has 0 spiro atoms. The van der Waals surface area contributed by atoms with Gasteiger partial charge in [0.1, 0.15) is 0 Å². The van der Waals surface area contributed by atoms with Gasteiger partial charge in [0.25, 0.3) is 0 Å². The number of aromatic amines is 1. The first-order valence-corrected chi connectivity index (χ1v) is 6.42. The fourth-order valence-corrected chi connectivity index (χ4v) is 2.16. The molecule has 2 N–H and O–H groups in total. The molecule has 2 aromatic rings. The van der Waals surface area contributed by atoms with Crippen molar-refractivity contribution >= 4 is 11.1 Å². The van der Waals surface area contributed by atoms with E-state index in [4.69, 9.17) is 4.42 Å². The highest BCUT2D eigenvalue weighted by atomic mass is 16.4. The van der Waals surface area contributed by atoms with Crippen molar-refractivity contribution in [2.75, 3.05) is 0 Å². The maximum atomic E-state index is 11.1. The van der Waals surface area contributed by atoms with Gasteiger partial charge in [0.15, 0.2) is 5.58 Å². The zero-order valence-electron chi connectivity index (χ0n) is 10.8. The summed E-state index contributed by atoms with van der Waals surface area (Å²) in [5.41, 5.74) is 1.96. The van der Waals surface area contributed by atoms with Gasteiger partial charge >= 0.3 is 5.76 Å². The van der Waals surface area contributed by atoms with Gasteiger partial charge in [-0.3, -0.25) is 4.98 Å². The Hall–Kier alpha value is -1.55. The second-order valence-electron chi connectivity index (χ2n) is 4.83. The molecule has 98 valence electrons. The maximum absolute atomic E-state index is 11.1. The second-order valence-corrected chi connectivity index (χ2v) is 4.83. The number of hydrogen-bond donors (Lipinski definition) is 2. The molecule has 0 aliphatic heterocycles. The topological polar surface area (TPSA) is 66.2 Å². The maximum Gasteiger partial charge on any atom is 0.417 e. The Kier molecular flexibility index (Phi) is 3.87. The summed E-state index contributed by atoms with van der Waals surface area (Å²) in [6, 6.07) is 5.34. The van der Waals surface area contributed by atoms with Crippen molar-refractivity contribution in [2.24, 2.45) is 5.92 Å². The molecule has 0 fully saturated rings. The first kappa shape index (κ1) is 12.9. The Morgan fingerprint density at radius 3 is 2.94 bits per heavy atom. The van der Waals surface area contributed by atoms with Crippen molar-refractivity contribution in [1.29, 1.82) is 0 Å². The normalized spacial score (nSPS) is 14.8. The van der Waals surface area contributed by atoms with E-state index in [2.05, 4.69) is 11.9 Å². The van der Waals surface area contributed by atoms with Crippen molar-refractivity contribution < 1.29 is 9.52 Å². The third kappa shape index (κ3) is 2.64. The highest BCUT2D eigenvalue weighted by Gasteiger charge is 2.17. The molecule has 0 aliphatic carbocycles. The van der Waals surface area contributed by atoms with Gasteiger partial charge in [0.2, 0.25) is 0 Å². The van der Waals surface area contributed by atoms with E-state index >= 15 is 0 Å². The van der Waals surface area contributed by atoms with E-state index in [1.54, 1.807) is 12.1 Å². The third-order valence-corrected chi connectivity index (χ3v) is 3.34. The van der Waals surface area contributed by atoms with Crippen LogP contribution in [0.3, 0.4) is 0 Å². The first-order chi connectivity index (χ1) is 8.61. The quantitative estimate of drug-likeness (QED) is 0.856. The fraction of sp³-hybridized carbons (Fsp3) is 0.500. The number of fused-ring (bicyclic) bond motifs is 1. The molecule has 18 heavy (non-hydrogen) atoms. The van der Waals surface area contributed by atoms with E-state index < -0.39 is 11.9 Å². The van der Waals surface area contributed by atoms with Gasteiger partial charge in [-0.15, -0.1) is 0 Å². The molecule has 0 saturated carbocycles. The average molecular weight is 249 g/mol. The molecule has 2 atom stereocenters. The number of nitrogens with one attached hydrogen (secondary N) is 1. The summed E-state index contributed by atoms with van der Waals surface area (Å²) in [7, 11) is 0. The number of aromatic nitrogens is 1. The van der Waals surface area contributed by atoms with Gasteiger partial charge in [-0.2, -0.15) is 0 Å². The molecule has 1 aromatic heterocycles. The molecule has 0 aliphatic rings. The van der Waals surface area contributed by atoms with Crippen LogP contribution in [-0.2, 0) is 0 Å². The zero-order chi connectivity index (χ0) is 13.1. The average Bonchev–Trinajstić information content (AvgIpc) is 2.73. The van der Waals surface area contributed by atoms with Gasteiger partial charge < -0.3 is 9.52 Å². The van der Waals surface area contributed by atoms with Crippen LogP contribution in [0, 0.1) is 5.92 Å². The summed E-state index contributed by atoms with van der Waals surface area (Å²) >= 11 is 0. The highest BCUT2D eigenvalue weighted by Crippen LogP contribution is 2.27. The molecular weight excluding hydrogens is 230 g/mol. The number of H-pyrrole nitrogens is 1. The summed E-state index contributed by atoms with van der Waals surface area (Å²) in [5.74, 6) is -0.260. The van der Waals surface area contributed by atoms with Crippen LogP contribution < -0.4 is 5.76 Å². The van der Waals surface area contributed by atoms with Gasteiger partial charge in [0.05, 0.1) is 11.6 Å². The van der Waals surface area contributed by atoms with Crippen LogP contribution in [0.4, 0.5) is 0 Å². The van der Waals surface area contributed by atoms with Crippen LogP contribution in [0.15, 0.2) is 27.4 Å². The van der Waals surface area contributed by atoms with Gasteiger partial charge in [-0.25, -0.2) is 4.79 Å². The Labute approximate surface area is 106 Å². The second kappa shape index (κ2) is 5.40. The lowest BCUT2D eigenvalue weighted by Crippen LogP contribution is -2.09. The lowest BCUT2D eigenvalue weighted by Gasteiger charge is -2.18. The number of aliphatic hydroxyl groups excluding tert-OH is 1. The Morgan fingerprint density at radius 1 is 1.44 bits per heavy atom. The summed E-state index contributed by atoms with van der Waals surface area (Å²) in [5, 5.41) is 10.3. The highest BCUT2D eigenvalue weighted by molar-refractivity contribution is 5.72. The number of benzene rings is 1. The third-order valence-electron chi connectivity index (χ3n) is 3.34. The predicted octanol–water partition coefficient (Wildman–Crippen LogP) is 2.98. The van der Waals surface area contributed by atoms with Crippen LogP contribution in [0.25, 0.3) is 11.1 Å². The number of unbranched alkanes of at least 4 members (excludes halogenated alkanes) is 1. The molecule has 4 nitrogen and oxygen atoms in total. The van der Waals surface area contributed by atoms with Crippen molar-refractivity contribution in [3.63, 3.8) is 0 Å². The minimum atomic E-state index is -0.513. The van der Waals surface area contributed by atoms with E-state index in [1.807, 2.05) is 13.0 Å². The van der Waals surface area contributed by atoms with Crippen LogP contribution >= 0.6 is 0 Å². The SMILES string of the molecule is CCCCC(C)C(O)c1ccc2[nH]c(=O)oc2c1. The summed E-state index contributed by atoms with van der Waals surface area (Å²) in [6.07, 6.45) is 2.72. The molecule has 2 unspecified atom stereocenters. The minimum absolute atomic E-state index is 0.202. The molecule has 1 heterocycles. The monoisotopic (exact) mass is 249 g/mol. The fourth-order valence-electron chi connectivity index (χ4n) is 2.16. The first-order valence-electron chi connectivity index (χ1n) is 6.42. The van der Waals surface area contributed by atoms with Gasteiger partial charge in [-0.05, 0) is 30.0 Å². The largest absolute Gasteiger partial charge is 0.417 e. The van der Waals surface area contributed by atoms with Gasteiger partial charge in [-0.1, -0.05) is 32.8 Å². The van der Waals surface area contributed by atoms with Crippen molar-refractivity contribution in [3.05, 3.63) is 34.3 Å². The van der Waals surface area contributed by atoms with Crippen LogP contribution in [0.5, 0.6) is 0 Å². The lowest BCUT2D eigenvalue weighted by molar-refractivity contribution is 0.111. The van der Waals surface area contributed by atoms with Crippen LogP contribution in [0.1, 0.15) is 44.8 Å². The van der Waals surface area contributed by atoms with Crippen molar-refractivity contribution in [2.45, 2.75) is 39.2 Å². The van der Waals surface area contributed by atoms with Crippen molar-refractivity contribution in [1.82, 2.24) is 4.98 Å². The van der Waals surface area contributed by atoms with E-state index in [1.165, 1.54) is 0 Å². The molecule has 0 amide bonds. The molecule has 2 rings (SSSR count). The lowest BCUT2D eigenvalue weighted by atomic mass is 9.93. The summed E-state index contributed by atoms with van der Waals surface area (Å²) < 4.78 is 5.00. The summed E-state index contributed by atoms with van der Waals surface area (Å²) in [6.45, 7) is 4.18. The smallest absolute Gasteiger partial charge is 0.408 e. The molecule has 0 bridgehead atoms. The molecule has 1 aromatic carbocycles. The number of aliphatic hydroxyl groups is 1. The van der Waals surface area contributed by atoms with Crippen LogP contribution in [0.2, 0.25) is 0 Å². The van der Waals surface area contributed by atoms with E-state index in [0.717, 1.165) is 24.8 Å². The Morgan fingerprint density at radius 2 is 2.22 bits per heavy atom. The van der Waals surface area contributed by atoms with E-state index in [-0.39, 0.29) is 5.92 Å². The summed E-state index contributed by atoms with van der Waals surface area (Å²) in [4.78, 5) is 13.6. The Balaban J connectivity index is 2.21. The Bertz CT molecular complexity index is 570. The van der Waals surface area contributed by atoms with Crippen LogP contribution in [-0.4, -0.2) is 10.1 Å². The minimum Gasteiger partial charge on any atom is -0.408 e. The van der Waals surface area contributed by atoms with Gasteiger partial charge in [0, 0.05) is 0 Å². The number of hydrogen-bond acceptors (Lipinski definition) is 3. The molecule has 0 radical (unpaired) electrons. The van der Waals surface area contributed by atoms with Crippen molar-refractivity contribution in [3.8, 4) is 0 Å². The molecular formula is C14H19NO3. The predicted molar refractivity (Wildman–Crippen MR) is 70.5 cm³/mol. The zero-order valence-corrected chi connectivity index (χ0v) is 10.8. The van der Waals surface area contributed by atoms with E-state index in [9.17, 15) is 9.90 Å². The number of oxazole rings is 1. The van der Waals surface area contributed by atoms with E-state index in [0.29, 0.717) is 11.1 Å².